The van der Waals surface area contributed by atoms with Gasteiger partial charge in [-0.25, -0.2) is 0 Å². The van der Waals surface area contributed by atoms with E-state index in [0.717, 1.165) is 0 Å². The third-order valence-corrected chi connectivity index (χ3v) is 2.38. The molecular formula is C10H19NO5. The number of amides is 1. The summed E-state index contributed by atoms with van der Waals surface area (Å²) < 4.78 is 9.92. The van der Waals surface area contributed by atoms with Gasteiger partial charge in [-0.15, -0.1) is 0 Å². The summed E-state index contributed by atoms with van der Waals surface area (Å²) in [5.74, 6) is -1.67. The first-order valence-corrected chi connectivity index (χ1v) is 5.01. The number of carbonyl (C=O) groups is 2. The number of carboxylic acids is 1. The number of nitrogens with one attached hydrogen (secondary N) is 1. The molecule has 0 saturated heterocycles. The first-order chi connectivity index (χ1) is 7.49. The molecule has 2 N–H and O–H groups in total. The Morgan fingerprint density at radius 1 is 1.31 bits per heavy atom. The van der Waals surface area contributed by atoms with Gasteiger partial charge in [0.2, 0.25) is 5.91 Å². The van der Waals surface area contributed by atoms with Crippen LogP contribution in [0.25, 0.3) is 0 Å². The molecule has 1 unspecified atom stereocenters. The Hall–Kier alpha value is -1.14. The minimum atomic E-state index is -1.44. The quantitative estimate of drug-likeness (QED) is 0.451. The van der Waals surface area contributed by atoms with Crippen LogP contribution in [-0.4, -0.2) is 51.0 Å². The van der Waals surface area contributed by atoms with Crippen LogP contribution in [0.15, 0.2) is 0 Å². The number of aliphatic carboxylic acids is 1. The highest BCUT2D eigenvalue weighted by molar-refractivity contribution is 6.01. The fourth-order valence-electron chi connectivity index (χ4n) is 1.11. The Morgan fingerprint density at radius 2 is 1.94 bits per heavy atom. The molecule has 1 atom stereocenters. The second-order valence-corrected chi connectivity index (χ2v) is 3.57. The first kappa shape index (κ1) is 14.9. The second kappa shape index (κ2) is 7.19. The van der Waals surface area contributed by atoms with E-state index in [-0.39, 0.29) is 13.0 Å². The van der Waals surface area contributed by atoms with Gasteiger partial charge in [-0.2, -0.15) is 0 Å². The molecule has 0 saturated carbocycles. The summed E-state index contributed by atoms with van der Waals surface area (Å²) in [4.78, 5) is 22.4. The lowest BCUT2D eigenvalue weighted by atomic mass is 9.86. The largest absolute Gasteiger partial charge is 0.480 e. The lowest BCUT2D eigenvalue weighted by molar-refractivity contribution is -0.156. The van der Waals surface area contributed by atoms with Crippen LogP contribution in [0.4, 0.5) is 0 Å². The van der Waals surface area contributed by atoms with E-state index < -0.39 is 17.3 Å². The van der Waals surface area contributed by atoms with Gasteiger partial charge in [-0.1, -0.05) is 0 Å². The fraction of sp³-hybridized carbons (Fsp3) is 0.800. The summed E-state index contributed by atoms with van der Waals surface area (Å²) in [6.45, 7) is 2.43. The van der Waals surface area contributed by atoms with Crippen molar-refractivity contribution in [3.63, 3.8) is 0 Å². The number of hydrogen-bond acceptors (Lipinski definition) is 4. The van der Waals surface area contributed by atoms with Crippen LogP contribution in [0, 0.1) is 5.41 Å². The molecule has 16 heavy (non-hydrogen) atoms. The highest BCUT2D eigenvalue weighted by Gasteiger charge is 2.40. The predicted molar refractivity (Wildman–Crippen MR) is 57.1 cm³/mol. The Balaban J connectivity index is 4.14. The molecule has 0 fully saturated rings. The normalized spacial score (nSPS) is 14.2. The van der Waals surface area contributed by atoms with Crippen LogP contribution in [0.1, 0.15) is 13.3 Å². The third kappa shape index (κ3) is 4.16. The Morgan fingerprint density at radius 3 is 2.38 bits per heavy atom. The van der Waals surface area contributed by atoms with Crippen LogP contribution in [-0.2, 0) is 19.1 Å². The molecule has 6 nitrogen and oxygen atoms in total. The number of carbonyl (C=O) groups excluding carboxylic acids is 1. The molecule has 0 radical (unpaired) electrons. The van der Waals surface area contributed by atoms with Gasteiger partial charge < -0.3 is 19.9 Å². The number of hydrogen-bond donors (Lipinski definition) is 2. The SMILES string of the molecule is CNC(=O)C(C)(CCOCCOC)C(=O)O. The molecule has 0 heterocycles. The van der Waals surface area contributed by atoms with Gasteiger partial charge in [0.1, 0.15) is 5.41 Å². The van der Waals surface area contributed by atoms with E-state index in [1.807, 2.05) is 0 Å². The standard InChI is InChI=1S/C10H19NO5/c1-10(9(13)14,8(12)11-2)4-5-16-7-6-15-3/h4-7H2,1-3H3,(H,11,12)(H,13,14). The summed E-state index contributed by atoms with van der Waals surface area (Å²) in [6.07, 6.45) is 0.131. The maximum absolute atomic E-state index is 11.4. The van der Waals surface area contributed by atoms with Crippen molar-refractivity contribution in [2.24, 2.45) is 5.41 Å². The molecule has 94 valence electrons. The summed E-state index contributed by atoms with van der Waals surface area (Å²) in [5.41, 5.74) is -1.44. The number of methoxy groups -OCH3 is 1. The van der Waals surface area contributed by atoms with Crippen molar-refractivity contribution >= 4 is 11.9 Å². The number of carboxylic acid groups (broad SMARTS) is 1. The number of rotatable bonds is 8. The van der Waals surface area contributed by atoms with Gasteiger partial charge >= 0.3 is 5.97 Å². The molecular weight excluding hydrogens is 214 g/mol. The van der Waals surface area contributed by atoms with Crippen molar-refractivity contribution in [1.82, 2.24) is 5.32 Å². The van der Waals surface area contributed by atoms with Crippen molar-refractivity contribution in [1.29, 1.82) is 0 Å². The highest BCUT2D eigenvalue weighted by atomic mass is 16.5. The van der Waals surface area contributed by atoms with Crippen molar-refractivity contribution in [3.8, 4) is 0 Å². The van der Waals surface area contributed by atoms with Gasteiger partial charge in [0.25, 0.3) is 0 Å². The smallest absolute Gasteiger partial charge is 0.319 e. The van der Waals surface area contributed by atoms with Crippen LogP contribution in [0.2, 0.25) is 0 Å². The first-order valence-electron chi connectivity index (χ1n) is 5.01. The van der Waals surface area contributed by atoms with E-state index in [9.17, 15) is 9.59 Å². The highest BCUT2D eigenvalue weighted by Crippen LogP contribution is 2.21. The maximum atomic E-state index is 11.4. The molecule has 0 aliphatic heterocycles. The molecule has 0 aliphatic rings. The van der Waals surface area contributed by atoms with Crippen LogP contribution < -0.4 is 5.32 Å². The van der Waals surface area contributed by atoms with Crippen molar-refractivity contribution in [3.05, 3.63) is 0 Å². The number of ether oxygens (including phenoxy) is 2. The van der Waals surface area contributed by atoms with Crippen LogP contribution in [0.5, 0.6) is 0 Å². The van der Waals surface area contributed by atoms with Gasteiger partial charge in [0, 0.05) is 20.8 Å². The lowest BCUT2D eigenvalue weighted by Crippen LogP contribution is -2.43. The monoisotopic (exact) mass is 233 g/mol. The Labute approximate surface area is 94.9 Å². The predicted octanol–water partition coefficient (Wildman–Crippen LogP) is -0.124. The molecule has 6 heteroatoms. The van der Waals surface area contributed by atoms with Gasteiger partial charge in [0.05, 0.1) is 13.2 Å². The zero-order chi connectivity index (χ0) is 12.6. The Kier molecular flexibility index (Phi) is 6.67. The lowest BCUT2D eigenvalue weighted by Gasteiger charge is -2.22. The average molecular weight is 233 g/mol. The molecule has 0 rings (SSSR count). The maximum Gasteiger partial charge on any atom is 0.319 e. The molecule has 0 bridgehead atoms. The van der Waals surface area contributed by atoms with Crippen molar-refractivity contribution in [2.45, 2.75) is 13.3 Å². The average Bonchev–Trinajstić information content (AvgIpc) is 2.27. The summed E-state index contributed by atoms with van der Waals surface area (Å²) in [7, 11) is 2.96. The van der Waals surface area contributed by atoms with Gasteiger partial charge in [-0.05, 0) is 13.3 Å². The second-order valence-electron chi connectivity index (χ2n) is 3.57. The van der Waals surface area contributed by atoms with E-state index in [0.29, 0.717) is 13.2 Å². The van der Waals surface area contributed by atoms with E-state index in [2.05, 4.69) is 5.32 Å². The van der Waals surface area contributed by atoms with E-state index in [1.165, 1.54) is 14.0 Å². The van der Waals surface area contributed by atoms with E-state index in [4.69, 9.17) is 14.6 Å². The van der Waals surface area contributed by atoms with E-state index in [1.54, 1.807) is 7.11 Å². The zero-order valence-corrected chi connectivity index (χ0v) is 9.91. The molecule has 0 aliphatic carbocycles. The van der Waals surface area contributed by atoms with Crippen LogP contribution >= 0.6 is 0 Å². The summed E-state index contributed by atoms with van der Waals surface area (Å²) in [5, 5.41) is 11.3. The van der Waals surface area contributed by atoms with E-state index >= 15 is 0 Å². The Bertz CT molecular complexity index is 243. The molecule has 0 aromatic carbocycles. The third-order valence-electron chi connectivity index (χ3n) is 2.38. The van der Waals surface area contributed by atoms with Crippen molar-refractivity contribution in [2.75, 3.05) is 34.0 Å². The molecule has 0 aromatic heterocycles. The fourth-order valence-corrected chi connectivity index (χ4v) is 1.11. The summed E-state index contributed by atoms with van der Waals surface area (Å²) >= 11 is 0. The minimum absolute atomic E-state index is 0.131. The molecule has 0 spiro atoms. The van der Waals surface area contributed by atoms with Gasteiger partial charge in [0.15, 0.2) is 0 Å². The van der Waals surface area contributed by atoms with Crippen LogP contribution in [0.3, 0.4) is 0 Å². The minimum Gasteiger partial charge on any atom is -0.480 e. The summed E-state index contributed by atoms with van der Waals surface area (Å²) in [6, 6.07) is 0. The zero-order valence-electron chi connectivity index (χ0n) is 9.91. The van der Waals surface area contributed by atoms with Gasteiger partial charge in [-0.3, -0.25) is 9.59 Å². The molecule has 0 aromatic rings. The molecule has 1 amide bonds. The van der Waals surface area contributed by atoms with Crippen molar-refractivity contribution < 1.29 is 24.2 Å². The topological polar surface area (TPSA) is 84.9 Å².